The van der Waals surface area contributed by atoms with Gasteiger partial charge < -0.3 is 16.3 Å². The Hall–Kier alpha value is -1.20. The number of thioether (sulfide) groups is 1. The van der Waals surface area contributed by atoms with Gasteiger partial charge in [0.05, 0.1) is 0 Å². The minimum Gasteiger partial charge on any atom is -0.409 e. The topological polar surface area (TPSA) is 70.6 Å². The zero-order chi connectivity index (χ0) is 13.7. The molecule has 0 spiro atoms. The third-order valence-electron chi connectivity index (χ3n) is 3.80. The van der Waals surface area contributed by atoms with Crippen LogP contribution in [0.3, 0.4) is 0 Å². The van der Waals surface area contributed by atoms with Gasteiger partial charge in [0.2, 0.25) is 0 Å². The van der Waals surface area contributed by atoms with Gasteiger partial charge >= 0.3 is 0 Å². The summed E-state index contributed by atoms with van der Waals surface area (Å²) in [5, 5.41) is 15.2. The van der Waals surface area contributed by atoms with Crippen molar-refractivity contribution in [2.45, 2.75) is 30.6 Å². The van der Waals surface area contributed by atoms with Crippen LogP contribution in [0.1, 0.15) is 30.4 Å². The number of amidine groups is 1. The maximum absolute atomic E-state index is 8.68. The van der Waals surface area contributed by atoms with Gasteiger partial charge in [0.25, 0.3) is 0 Å². The van der Waals surface area contributed by atoms with E-state index < -0.39 is 0 Å². The van der Waals surface area contributed by atoms with Gasteiger partial charge in [-0.15, -0.1) is 0 Å². The summed E-state index contributed by atoms with van der Waals surface area (Å²) in [6, 6.07) is 7.77. The molecule has 104 valence electrons. The van der Waals surface area contributed by atoms with Crippen molar-refractivity contribution in [2.75, 3.05) is 12.8 Å². The molecule has 4 N–H and O–H groups in total. The fourth-order valence-corrected chi connectivity index (χ4v) is 3.30. The first kappa shape index (κ1) is 14.2. The van der Waals surface area contributed by atoms with E-state index >= 15 is 0 Å². The molecule has 0 radical (unpaired) electrons. The number of nitrogens with two attached hydrogens (primary N) is 1. The van der Waals surface area contributed by atoms with Crippen molar-refractivity contribution in [1.82, 2.24) is 5.32 Å². The molecule has 0 saturated heterocycles. The van der Waals surface area contributed by atoms with E-state index in [1.54, 1.807) is 0 Å². The summed E-state index contributed by atoms with van der Waals surface area (Å²) in [7, 11) is 0. The van der Waals surface area contributed by atoms with Crippen LogP contribution < -0.4 is 11.1 Å². The molecule has 0 heterocycles. The number of hydrogen-bond acceptors (Lipinski definition) is 4. The third-order valence-corrected chi connectivity index (χ3v) is 5.22. The molecule has 0 unspecified atom stereocenters. The number of oxime groups is 1. The summed E-state index contributed by atoms with van der Waals surface area (Å²) < 4.78 is 0.448. The Morgan fingerprint density at radius 1 is 1.53 bits per heavy atom. The lowest BCUT2D eigenvalue weighted by molar-refractivity contribution is 0.318. The predicted octanol–water partition coefficient (Wildman–Crippen LogP) is 2.16. The molecule has 1 aromatic rings. The zero-order valence-corrected chi connectivity index (χ0v) is 12.0. The SMILES string of the molecule is CSC1(CNCc2cccc(/C(N)=N/O)c2)CCC1. The highest BCUT2D eigenvalue weighted by molar-refractivity contribution is 8.00. The summed E-state index contributed by atoms with van der Waals surface area (Å²) in [6.07, 6.45) is 6.16. The standard InChI is InChI=1S/C14H21N3OS/c1-19-14(6-3-7-14)10-16-9-11-4-2-5-12(8-11)13(15)17-18/h2,4-5,8,16,18H,3,6-7,9-10H2,1H3,(H2,15,17). The number of hydrogen-bond donors (Lipinski definition) is 3. The van der Waals surface area contributed by atoms with E-state index in [0.717, 1.165) is 24.2 Å². The minimum atomic E-state index is 0.154. The van der Waals surface area contributed by atoms with Crippen molar-refractivity contribution in [3.8, 4) is 0 Å². The van der Waals surface area contributed by atoms with Crippen molar-refractivity contribution >= 4 is 17.6 Å². The van der Waals surface area contributed by atoms with E-state index in [2.05, 4.69) is 16.7 Å². The minimum absolute atomic E-state index is 0.154. The van der Waals surface area contributed by atoms with Crippen molar-refractivity contribution in [2.24, 2.45) is 10.9 Å². The first-order chi connectivity index (χ1) is 9.19. The number of rotatable bonds is 6. The number of benzene rings is 1. The molecule has 1 fully saturated rings. The highest BCUT2D eigenvalue weighted by Crippen LogP contribution is 2.42. The van der Waals surface area contributed by atoms with E-state index in [9.17, 15) is 0 Å². The van der Waals surface area contributed by atoms with Gasteiger partial charge in [0.1, 0.15) is 0 Å². The molecule has 1 aromatic carbocycles. The van der Waals surface area contributed by atoms with Crippen molar-refractivity contribution in [1.29, 1.82) is 0 Å². The Balaban J connectivity index is 1.89. The maximum atomic E-state index is 8.68. The highest BCUT2D eigenvalue weighted by Gasteiger charge is 2.35. The Morgan fingerprint density at radius 3 is 2.89 bits per heavy atom. The molecule has 19 heavy (non-hydrogen) atoms. The van der Waals surface area contributed by atoms with Crippen molar-refractivity contribution in [3.63, 3.8) is 0 Å². The molecule has 4 nitrogen and oxygen atoms in total. The largest absolute Gasteiger partial charge is 0.409 e. The first-order valence-electron chi connectivity index (χ1n) is 6.52. The van der Waals surface area contributed by atoms with E-state index in [4.69, 9.17) is 10.9 Å². The second-order valence-corrected chi connectivity index (χ2v) is 6.30. The van der Waals surface area contributed by atoms with Crippen LogP contribution in [0, 0.1) is 0 Å². The van der Waals surface area contributed by atoms with Gasteiger partial charge in [-0.05, 0) is 30.7 Å². The average Bonchev–Trinajstić information content (AvgIpc) is 2.41. The molecule has 0 aliphatic heterocycles. The quantitative estimate of drug-likeness (QED) is 0.323. The van der Waals surface area contributed by atoms with Crippen LogP contribution in [0.5, 0.6) is 0 Å². The van der Waals surface area contributed by atoms with Crippen LogP contribution in [0.4, 0.5) is 0 Å². The second kappa shape index (κ2) is 6.30. The summed E-state index contributed by atoms with van der Waals surface area (Å²) in [5.41, 5.74) is 7.50. The van der Waals surface area contributed by atoms with Gasteiger partial charge in [-0.3, -0.25) is 0 Å². The Labute approximate surface area is 118 Å². The molecular weight excluding hydrogens is 258 g/mol. The Bertz CT molecular complexity index is 452. The van der Waals surface area contributed by atoms with Crippen molar-refractivity contribution < 1.29 is 5.21 Å². The smallest absolute Gasteiger partial charge is 0.170 e. The number of nitrogens with one attached hydrogen (secondary N) is 1. The van der Waals surface area contributed by atoms with Crippen LogP contribution in [0.15, 0.2) is 29.4 Å². The van der Waals surface area contributed by atoms with Gasteiger partial charge in [0, 0.05) is 23.4 Å². The van der Waals surface area contributed by atoms with Gasteiger partial charge in [-0.2, -0.15) is 11.8 Å². The van der Waals surface area contributed by atoms with Crippen LogP contribution in [-0.4, -0.2) is 28.6 Å². The molecule has 2 rings (SSSR count). The second-order valence-electron chi connectivity index (χ2n) is 5.03. The van der Waals surface area contributed by atoms with E-state index in [1.165, 1.54) is 19.3 Å². The molecule has 0 atom stereocenters. The zero-order valence-electron chi connectivity index (χ0n) is 11.2. The molecule has 1 saturated carbocycles. The lowest BCUT2D eigenvalue weighted by Gasteiger charge is -2.40. The number of nitrogens with zero attached hydrogens (tertiary/aromatic N) is 1. The fourth-order valence-electron chi connectivity index (χ4n) is 2.36. The van der Waals surface area contributed by atoms with Gasteiger partial charge in [-0.1, -0.05) is 29.8 Å². The lowest BCUT2D eigenvalue weighted by Crippen LogP contribution is -2.43. The molecule has 0 aromatic heterocycles. The van der Waals surface area contributed by atoms with Crippen molar-refractivity contribution in [3.05, 3.63) is 35.4 Å². The van der Waals surface area contributed by atoms with Crippen LogP contribution in [0.2, 0.25) is 0 Å². The summed E-state index contributed by atoms with van der Waals surface area (Å²) in [5.74, 6) is 0.154. The van der Waals surface area contributed by atoms with Gasteiger partial charge in [0.15, 0.2) is 5.84 Å². The first-order valence-corrected chi connectivity index (χ1v) is 7.74. The fraction of sp³-hybridized carbons (Fsp3) is 0.500. The molecule has 1 aliphatic carbocycles. The summed E-state index contributed by atoms with van der Waals surface area (Å²) >= 11 is 1.97. The van der Waals surface area contributed by atoms with Crippen LogP contribution >= 0.6 is 11.8 Å². The summed E-state index contributed by atoms with van der Waals surface area (Å²) in [6.45, 7) is 1.86. The molecule has 0 amide bonds. The van der Waals surface area contributed by atoms with Crippen LogP contribution in [-0.2, 0) is 6.54 Å². The van der Waals surface area contributed by atoms with E-state index in [-0.39, 0.29) is 5.84 Å². The van der Waals surface area contributed by atoms with Crippen LogP contribution in [0.25, 0.3) is 0 Å². The normalized spacial score (nSPS) is 18.1. The highest BCUT2D eigenvalue weighted by atomic mass is 32.2. The van der Waals surface area contributed by atoms with E-state index in [0.29, 0.717) is 4.75 Å². The maximum Gasteiger partial charge on any atom is 0.170 e. The molecule has 5 heteroatoms. The molecule has 0 bridgehead atoms. The van der Waals surface area contributed by atoms with Gasteiger partial charge in [-0.25, -0.2) is 0 Å². The van der Waals surface area contributed by atoms with E-state index in [1.807, 2.05) is 36.0 Å². The molecule has 1 aliphatic rings. The predicted molar refractivity (Wildman–Crippen MR) is 80.8 cm³/mol. The Morgan fingerprint density at radius 2 is 2.32 bits per heavy atom. The lowest BCUT2D eigenvalue weighted by atomic mass is 9.84. The Kier molecular flexibility index (Phi) is 4.71. The summed E-state index contributed by atoms with van der Waals surface area (Å²) in [4.78, 5) is 0. The molecular formula is C14H21N3OS. The third kappa shape index (κ3) is 3.42. The average molecular weight is 279 g/mol. The monoisotopic (exact) mass is 279 g/mol.